The molecule has 0 fully saturated rings. The Balaban J connectivity index is 1.86. The van der Waals surface area contributed by atoms with Crippen LogP contribution in [0, 0.1) is 0 Å². The van der Waals surface area contributed by atoms with Crippen molar-refractivity contribution in [3.8, 4) is 5.75 Å². The summed E-state index contributed by atoms with van der Waals surface area (Å²) < 4.78 is 11.8. The molecule has 0 saturated heterocycles. The van der Waals surface area contributed by atoms with Crippen LogP contribution in [0.25, 0.3) is 11.0 Å². The molecule has 1 aromatic carbocycles. The first-order chi connectivity index (χ1) is 10.6. The normalized spacial score (nSPS) is 10.6. The quantitative estimate of drug-likeness (QED) is 0.796. The first-order valence-corrected chi connectivity index (χ1v) is 6.48. The molecule has 0 spiro atoms. The minimum absolute atomic E-state index is 0.0476. The maximum Gasteiger partial charge on any atom is 0.291 e. The van der Waals surface area contributed by atoms with Crippen LogP contribution in [0.4, 0.5) is 5.69 Å². The lowest BCUT2D eigenvalue weighted by Gasteiger charge is -2.05. The summed E-state index contributed by atoms with van der Waals surface area (Å²) in [5.74, 6) is -0.562. The predicted molar refractivity (Wildman–Crippen MR) is 80.2 cm³/mol. The van der Waals surface area contributed by atoms with Crippen molar-refractivity contribution >= 4 is 22.6 Å². The predicted octanol–water partition coefficient (Wildman–Crippen LogP) is 1.79. The SMILES string of the molecule is COc1coc(C(=O)Nc2ccc3c(c2)ncn3C)cc1=O. The van der Waals surface area contributed by atoms with Gasteiger partial charge in [-0.2, -0.15) is 0 Å². The number of methoxy groups -OCH3 is 1. The third-order valence-corrected chi connectivity index (χ3v) is 3.22. The van der Waals surface area contributed by atoms with E-state index in [4.69, 9.17) is 9.15 Å². The Hall–Kier alpha value is -3.09. The van der Waals surface area contributed by atoms with Crippen molar-refractivity contribution < 1.29 is 13.9 Å². The van der Waals surface area contributed by atoms with Crippen molar-refractivity contribution in [1.82, 2.24) is 9.55 Å². The standard InChI is InChI=1S/C15H13N3O4/c1-18-8-16-10-5-9(3-4-11(10)18)17-15(20)13-6-12(19)14(21-2)7-22-13/h3-8H,1-2H3,(H,17,20). The minimum Gasteiger partial charge on any atom is -0.490 e. The number of fused-ring (bicyclic) bond motifs is 1. The van der Waals surface area contributed by atoms with Gasteiger partial charge in [0, 0.05) is 18.8 Å². The number of amides is 1. The zero-order valence-corrected chi connectivity index (χ0v) is 12.0. The number of carbonyl (C=O) groups excluding carboxylic acids is 1. The van der Waals surface area contributed by atoms with E-state index in [2.05, 4.69) is 10.3 Å². The van der Waals surface area contributed by atoms with Gasteiger partial charge < -0.3 is 19.0 Å². The molecule has 0 aliphatic heterocycles. The number of ether oxygens (including phenoxy) is 1. The topological polar surface area (TPSA) is 86.4 Å². The number of anilines is 1. The highest BCUT2D eigenvalue weighted by molar-refractivity contribution is 6.03. The summed E-state index contributed by atoms with van der Waals surface area (Å²) in [6, 6.07) is 6.44. The molecule has 0 radical (unpaired) electrons. The Morgan fingerprint density at radius 1 is 1.36 bits per heavy atom. The van der Waals surface area contributed by atoms with Gasteiger partial charge in [0.05, 0.1) is 24.5 Å². The van der Waals surface area contributed by atoms with Gasteiger partial charge in [-0.1, -0.05) is 0 Å². The zero-order valence-electron chi connectivity index (χ0n) is 12.0. The van der Waals surface area contributed by atoms with Gasteiger partial charge in [-0.25, -0.2) is 4.98 Å². The Morgan fingerprint density at radius 3 is 2.91 bits per heavy atom. The number of nitrogens with zero attached hydrogens (tertiary/aromatic N) is 2. The number of aryl methyl sites for hydroxylation is 1. The van der Waals surface area contributed by atoms with Crippen LogP contribution in [0.3, 0.4) is 0 Å². The van der Waals surface area contributed by atoms with Crippen LogP contribution >= 0.6 is 0 Å². The Kier molecular flexibility index (Phi) is 3.38. The average molecular weight is 299 g/mol. The molecule has 7 nitrogen and oxygen atoms in total. The Bertz CT molecular complexity index is 911. The van der Waals surface area contributed by atoms with Crippen molar-refractivity contribution in [2.24, 2.45) is 7.05 Å². The molecule has 22 heavy (non-hydrogen) atoms. The van der Waals surface area contributed by atoms with Crippen LogP contribution < -0.4 is 15.5 Å². The maximum atomic E-state index is 12.1. The first kappa shape index (κ1) is 13.9. The summed E-state index contributed by atoms with van der Waals surface area (Å²) in [4.78, 5) is 27.9. The van der Waals surface area contributed by atoms with E-state index in [9.17, 15) is 9.59 Å². The second-order valence-electron chi connectivity index (χ2n) is 4.69. The summed E-state index contributed by atoms with van der Waals surface area (Å²) in [5.41, 5.74) is 1.86. The fourth-order valence-electron chi connectivity index (χ4n) is 2.07. The molecular weight excluding hydrogens is 286 g/mol. The minimum atomic E-state index is -0.518. The Morgan fingerprint density at radius 2 is 2.18 bits per heavy atom. The van der Waals surface area contributed by atoms with Crippen molar-refractivity contribution in [3.05, 3.63) is 52.8 Å². The van der Waals surface area contributed by atoms with Crippen LogP contribution in [0.1, 0.15) is 10.6 Å². The van der Waals surface area contributed by atoms with Crippen molar-refractivity contribution in [2.45, 2.75) is 0 Å². The van der Waals surface area contributed by atoms with E-state index in [1.807, 2.05) is 17.7 Å². The van der Waals surface area contributed by atoms with Gasteiger partial charge in [0.1, 0.15) is 6.26 Å². The lowest BCUT2D eigenvalue weighted by atomic mass is 10.2. The lowest BCUT2D eigenvalue weighted by molar-refractivity contribution is 0.0993. The van der Waals surface area contributed by atoms with Gasteiger partial charge in [-0.3, -0.25) is 9.59 Å². The molecule has 0 atom stereocenters. The molecular formula is C15H13N3O4. The molecule has 2 aromatic heterocycles. The van der Waals surface area contributed by atoms with Gasteiger partial charge in [-0.15, -0.1) is 0 Å². The van der Waals surface area contributed by atoms with Gasteiger partial charge in [0.25, 0.3) is 5.91 Å². The highest BCUT2D eigenvalue weighted by Crippen LogP contribution is 2.18. The van der Waals surface area contributed by atoms with Gasteiger partial charge in [-0.05, 0) is 18.2 Å². The van der Waals surface area contributed by atoms with E-state index in [-0.39, 0.29) is 11.5 Å². The average Bonchev–Trinajstić information content (AvgIpc) is 2.88. The number of carbonyl (C=O) groups is 1. The van der Waals surface area contributed by atoms with Crippen LogP contribution in [0.2, 0.25) is 0 Å². The number of benzene rings is 1. The molecule has 7 heteroatoms. The molecule has 0 bridgehead atoms. The summed E-state index contributed by atoms with van der Waals surface area (Å²) in [7, 11) is 3.24. The highest BCUT2D eigenvalue weighted by atomic mass is 16.5. The summed E-state index contributed by atoms with van der Waals surface area (Å²) in [5, 5.41) is 2.66. The molecule has 0 saturated carbocycles. The third-order valence-electron chi connectivity index (χ3n) is 3.22. The molecule has 3 aromatic rings. The monoisotopic (exact) mass is 299 g/mol. The first-order valence-electron chi connectivity index (χ1n) is 6.48. The fourth-order valence-corrected chi connectivity index (χ4v) is 2.07. The van der Waals surface area contributed by atoms with E-state index in [1.165, 1.54) is 7.11 Å². The molecule has 1 N–H and O–H groups in total. The molecule has 112 valence electrons. The van der Waals surface area contributed by atoms with Gasteiger partial charge in [0.2, 0.25) is 11.2 Å². The van der Waals surface area contributed by atoms with Crippen LogP contribution in [0.15, 0.2) is 46.1 Å². The van der Waals surface area contributed by atoms with E-state index in [0.717, 1.165) is 23.4 Å². The Labute approximate surface area is 125 Å². The molecule has 0 unspecified atom stereocenters. The van der Waals surface area contributed by atoms with Crippen molar-refractivity contribution in [3.63, 3.8) is 0 Å². The van der Waals surface area contributed by atoms with Crippen LogP contribution in [0.5, 0.6) is 5.75 Å². The van der Waals surface area contributed by atoms with E-state index < -0.39 is 11.3 Å². The van der Waals surface area contributed by atoms with Gasteiger partial charge in [0.15, 0.2) is 5.76 Å². The zero-order chi connectivity index (χ0) is 15.7. The van der Waals surface area contributed by atoms with Crippen molar-refractivity contribution in [2.75, 3.05) is 12.4 Å². The molecule has 2 heterocycles. The van der Waals surface area contributed by atoms with Crippen molar-refractivity contribution in [1.29, 1.82) is 0 Å². The second kappa shape index (κ2) is 5.36. The van der Waals surface area contributed by atoms with E-state index in [1.54, 1.807) is 18.5 Å². The van der Waals surface area contributed by atoms with E-state index in [0.29, 0.717) is 5.69 Å². The second-order valence-corrected chi connectivity index (χ2v) is 4.69. The molecule has 3 rings (SSSR count). The molecule has 1 amide bonds. The summed E-state index contributed by atoms with van der Waals surface area (Å²) >= 11 is 0. The largest absolute Gasteiger partial charge is 0.490 e. The lowest BCUT2D eigenvalue weighted by Crippen LogP contribution is -2.15. The summed E-state index contributed by atoms with van der Waals surface area (Å²) in [6.07, 6.45) is 2.80. The molecule has 0 aliphatic carbocycles. The fraction of sp³-hybridized carbons (Fsp3) is 0.133. The van der Waals surface area contributed by atoms with Crippen LogP contribution in [-0.2, 0) is 7.05 Å². The number of aromatic nitrogens is 2. The third kappa shape index (κ3) is 2.44. The highest BCUT2D eigenvalue weighted by Gasteiger charge is 2.12. The maximum absolute atomic E-state index is 12.1. The van der Waals surface area contributed by atoms with Gasteiger partial charge >= 0.3 is 0 Å². The van der Waals surface area contributed by atoms with E-state index >= 15 is 0 Å². The number of nitrogens with one attached hydrogen (secondary N) is 1. The number of imidazole rings is 1. The smallest absolute Gasteiger partial charge is 0.291 e. The summed E-state index contributed by atoms with van der Waals surface area (Å²) in [6.45, 7) is 0. The van der Waals surface area contributed by atoms with Crippen LogP contribution in [-0.4, -0.2) is 22.6 Å². The number of hydrogen-bond donors (Lipinski definition) is 1. The number of rotatable bonds is 3. The number of hydrogen-bond acceptors (Lipinski definition) is 5. The molecule has 0 aliphatic rings.